The summed E-state index contributed by atoms with van der Waals surface area (Å²) in [6.45, 7) is 9.51. The SMILES string of the molecule is CCCCC(CC)COC(=O)CCC(=O)OCC(CC)CCCC.O=S([O-])O. The molecule has 0 rings (SSSR count). The zero-order chi connectivity index (χ0) is 21.8. The first-order chi connectivity index (χ1) is 13.3. The summed E-state index contributed by atoms with van der Waals surface area (Å²) in [5.74, 6) is 0.286. The van der Waals surface area contributed by atoms with Crippen molar-refractivity contribution in [3.63, 3.8) is 0 Å². The zero-order valence-corrected chi connectivity index (χ0v) is 18.8. The molecule has 3 unspecified atom stereocenters. The molecule has 0 bridgehead atoms. The number of carbonyl (C=O) groups excluding carboxylic acids is 2. The van der Waals surface area contributed by atoms with E-state index in [1.165, 1.54) is 12.8 Å². The molecule has 0 heterocycles. The molecular formula is C20H39O7S-. The molecule has 28 heavy (non-hydrogen) atoms. The summed E-state index contributed by atoms with van der Waals surface area (Å²) in [5.41, 5.74) is 0. The Labute approximate surface area is 173 Å². The van der Waals surface area contributed by atoms with E-state index in [0.29, 0.717) is 25.0 Å². The van der Waals surface area contributed by atoms with E-state index in [4.69, 9.17) is 22.8 Å². The lowest BCUT2D eigenvalue weighted by molar-refractivity contribution is -0.151. The number of ether oxygens (including phenoxy) is 2. The summed E-state index contributed by atoms with van der Waals surface area (Å²) in [6.07, 6.45) is 9.12. The Balaban J connectivity index is 0. The first-order valence-corrected chi connectivity index (χ1v) is 11.4. The second-order valence-corrected chi connectivity index (χ2v) is 7.35. The van der Waals surface area contributed by atoms with E-state index in [-0.39, 0.29) is 24.8 Å². The lowest BCUT2D eigenvalue weighted by Crippen LogP contribution is -2.17. The van der Waals surface area contributed by atoms with Crippen LogP contribution < -0.4 is 0 Å². The van der Waals surface area contributed by atoms with Gasteiger partial charge >= 0.3 is 11.9 Å². The van der Waals surface area contributed by atoms with Crippen molar-refractivity contribution < 1.29 is 32.4 Å². The Bertz CT molecular complexity index is 379. The van der Waals surface area contributed by atoms with E-state index in [9.17, 15) is 9.59 Å². The van der Waals surface area contributed by atoms with Crippen molar-refractivity contribution in [1.29, 1.82) is 0 Å². The van der Waals surface area contributed by atoms with Crippen LogP contribution in [0.25, 0.3) is 0 Å². The van der Waals surface area contributed by atoms with Crippen LogP contribution >= 0.6 is 0 Å². The molecule has 0 aliphatic rings. The smallest absolute Gasteiger partial charge is 0.306 e. The van der Waals surface area contributed by atoms with E-state index in [0.717, 1.165) is 38.5 Å². The van der Waals surface area contributed by atoms with Gasteiger partial charge in [-0.15, -0.1) is 0 Å². The van der Waals surface area contributed by atoms with Gasteiger partial charge in [0.25, 0.3) is 0 Å². The van der Waals surface area contributed by atoms with Crippen LogP contribution in [0.3, 0.4) is 0 Å². The van der Waals surface area contributed by atoms with Gasteiger partial charge in [0.05, 0.1) is 37.4 Å². The summed E-state index contributed by atoms with van der Waals surface area (Å²) in [7, 11) is 0. The molecule has 0 spiro atoms. The maximum Gasteiger partial charge on any atom is 0.306 e. The summed E-state index contributed by atoms with van der Waals surface area (Å²) in [4.78, 5) is 23.5. The highest BCUT2D eigenvalue weighted by atomic mass is 32.2. The molecule has 1 N–H and O–H groups in total. The second-order valence-electron chi connectivity index (χ2n) is 6.92. The Morgan fingerprint density at radius 2 is 1.18 bits per heavy atom. The number of hydrogen-bond acceptors (Lipinski definition) is 6. The molecule has 8 heteroatoms. The second kappa shape index (κ2) is 20.7. The molecule has 0 saturated carbocycles. The molecule has 3 atom stereocenters. The average molecular weight is 424 g/mol. The van der Waals surface area contributed by atoms with Crippen LogP contribution in [0.4, 0.5) is 0 Å². The van der Waals surface area contributed by atoms with Gasteiger partial charge in [-0.1, -0.05) is 66.2 Å². The topological polar surface area (TPSA) is 113 Å². The molecule has 168 valence electrons. The van der Waals surface area contributed by atoms with Gasteiger partial charge in [-0.05, 0) is 24.7 Å². The predicted molar refractivity (Wildman–Crippen MR) is 109 cm³/mol. The molecule has 0 aliphatic carbocycles. The lowest BCUT2D eigenvalue weighted by atomic mass is 10.0. The van der Waals surface area contributed by atoms with Gasteiger partial charge in [0, 0.05) is 0 Å². The van der Waals surface area contributed by atoms with Gasteiger partial charge in [-0.2, -0.15) is 0 Å². The molecule has 0 saturated heterocycles. The fourth-order valence-corrected chi connectivity index (χ4v) is 2.57. The Hall–Kier alpha value is -0.990. The van der Waals surface area contributed by atoms with Crippen molar-refractivity contribution in [2.24, 2.45) is 11.8 Å². The van der Waals surface area contributed by atoms with Crippen LogP contribution in [-0.2, 0) is 30.4 Å². The first kappa shape index (κ1) is 29.2. The monoisotopic (exact) mass is 423 g/mol. The van der Waals surface area contributed by atoms with Crippen LogP contribution in [0.5, 0.6) is 0 Å². The van der Waals surface area contributed by atoms with E-state index in [1.807, 2.05) is 0 Å². The van der Waals surface area contributed by atoms with Gasteiger partial charge in [0.15, 0.2) is 0 Å². The molecule has 0 aliphatic heterocycles. The average Bonchev–Trinajstić information content (AvgIpc) is 2.66. The Kier molecular flexibility index (Phi) is 21.6. The summed E-state index contributed by atoms with van der Waals surface area (Å²) < 4.78 is 34.7. The summed E-state index contributed by atoms with van der Waals surface area (Å²) in [5, 5.41) is 0. The van der Waals surface area contributed by atoms with Gasteiger partial charge in [-0.25, -0.2) is 4.21 Å². The number of carbonyl (C=O) groups is 2. The van der Waals surface area contributed by atoms with Crippen LogP contribution in [-0.4, -0.2) is 38.5 Å². The van der Waals surface area contributed by atoms with Crippen molar-refractivity contribution >= 4 is 23.3 Å². The van der Waals surface area contributed by atoms with E-state index in [1.54, 1.807) is 0 Å². The maximum atomic E-state index is 11.7. The molecule has 7 nitrogen and oxygen atoms in total. The fourth-order valence-electron chi connectivity index (χ4n) is 2.57. The highest BCUT2D eigenvalue weighted by Gasteiger charge is 2.14. The standard InChI is InChI=1S/C20H38O4.H2O3S/c1-5-9-11-17(7-3)15-23-19(21)13-14-20(22)24-16-18(8-4)12-10-6-2;1-4(2)3/h17-18H,5-16H2,1-4H3;(H2,1,2,3)/p-1. The highest BCUT2D eigenvalue weighted by molar-refractivity contribution is 7.73. The maximum absolute atomic E-state index is 11.7. The third-order valence-corrected chi connectivity index (χ3v) is 4.58. The quantitative estimate of drug-likeness (QED) is 0.302. The molecule has 0 fully saturated rings. The van der Waals surface area contributed by atoms with Crippen molar-refractivity contribution in [2.75, 3.05) is 13.2 Å². The van der Waals surface area contributed by atoms with Gasteiger partial charge in [0.1, 0.15) is 0 Å². The third-order valence-electron chi connectivity index (χ3n) is 4.58. The normalized spacial score (nSPS) is 13.6. The molecule has 0 aromatic rings. The molecular weight excluding hydrogens is 384 g/mol. The highest BCUT2D eigenvalue weighted by Crippen LogP contribution is 2.14. The number of unbranched alkanes of at least 4 members (excludes halogenated alkanes) is 2. The zero-order valence-electron chi connectivity index (χ0n) is 17.9. The van der Waals surface area contributed by atoms with Crippen molar-refractivity contribution in [3.8, 4) is 0 Å². The van der Waals surface area contributed by atoms with Gasteiger partial charge < -0.3 is 18.6 Å². The van der Waals surface area contributed by atoms with Gasteiger partial charge in [0.2, 0.25) is 0 Å². The number of esters is 2. The minimum absolute atomic E-state index is 0.120. The molecule has 0 amide bonds. The fraction of sp³-hybridized carbons (Fsp3) is 0.900. The van der Waals surface area contributed by atoms with Crippen LogP contribution in [0.15, 0.2) is 0 Å². The van der Waals surface area contributed by atoms with E-state index in [2.05, 4.69) is 27.7 Å². The molecule has 0 aromatic heterocycles. The summed E-state index contributed by atoms with van der Waals surface area (Å²) >= 11 is -2.86. The van der Waals surface area contributed by atoms with Gasteiger partial charge in [-0.3, -0.25) is 9.59 Å². The van der Waals surface area contributed by atoms with Crippen molar-refractivity contribution in [1.82, 2.24) is 0 Å². The lowest BCUT2D eigenvalue weighted by Gasteiger charge is -2.15. The first-order valence-electron chi connectivity index (χ1n) is 10.4. The van der Waals surface area contributed by atoms with Crippen molar-refractivity contribution in [3.05, 3.63) is 0 Å². The molecule has 0 radical (unpaired) electrons. The van der Waals surface area contributed by atoms with Crippen LogP contribution in [0.2, 0.25) is 0 Å². The van der Waals surface area contributed by atoms with Crippen LogP contribution in [0, 0.1) is 11.8 Å². The number of hydrogen-bond donors (Lipinski definition) is 1. The minimum atomic E-state index is -2.86. The Morgan fingerprint density at radius 1 is 0.857 bits per heavy atom. The summed E-state index contributed by atoms with van der Waals surface area (Å²) in [6, 6.07) is 0. The number of rotatable bonds is 15. The van der Waals surface area contributed by atoms with Crippen LogP contribution in [0.1, 0.15) is 91.9 Å². The van der Waals surface area contributed by atoms with E-state index >= 15 is 0 Å². The third kappa shape index (κ3) is 21.3. The predicted octanol–water partition coefficient (Wildman–Crippen LogP) is 4.62. The van der Waals surface area contributed by atoms with Crippen molar-refractivity contribution in [2.45, 2.75) is 91.9 Å². The largest absolute Gasteiger partial charge is 0.750 e. The van der Waals surface area contributed by atoms with E-state index < -0.39 is 11.4 Å². The minimum Gasteiger partial charge on any atom is -0.750 e. The molecule has 0 aromatic carbocycles. The Morgan fingerprint density at radius 3 is 1.43 bits per heavy atom.